The molecule has 1 atom stereocenters. The molecule has 0 aliphatic heterocycles. The van der Waals surface area contributed by atoms with Gasteiger partial charge in [0, 0.05) is 19.6 Å². The highest BCUT2D eigenvalue weighted by molar-refractivity contribution is 5.76. The Balaban J connectivity index is 2.00. The first-order valence-corrected chi connectivity index (χ1v) is 4.54. The van der Waals surface area contributed by atoms with Crippen molar-refractivity contribution in [3.8, 4) is 0 Å². The molecule has 3 nitrogen and oxygen atoms in total. The second-order valence-corrected chi connectivity index (χ2v) is 3.43. The van der Waals surface area contributed by atoms with Gasteiger partial charge in [-0.3, -0.25) is 4.79 Å². The van der Waals surface area contributed by atoms with Crippen molar-refractivity contribution in [3.63, 3.8) is 0 Å². The lowest BCUT2D eigenvalue weighted by atomic mass is 10.2. The van der Waals surface area contributed by atoms with Crippen molar-refractivity contribution in [1.29, 1.82) is 0 Å². The van der Waals surface area contributed by atoms with E-state index >= 15 is 0 Å². The molecule has 1 aliphatic carbocycles. The predicted octanol–water partition coefficient (Wildman–Crippen LogP) is 1.08. The molecule has 1 saturated carbocycles. The maximum atomic E-state index is 11.1. The third-order valence-electron chi connectivity index (χ3n) is 2.12. The lowest BCUT2D eigenvalue weighted by Crippen LogP contribution is -2.26. The zero-order chi connectivity index (χ0) is 8.97. The second kappa shape index (κ2) is 4.45. The Kier molecular flexibility index (Phi) is 3.53. The van der Waals surface area contributed by atoms with E-state index in [0.717, 1.165) is 19.3 Å². The molecule has 3 heteroatoms. The molecule has 0 radical (unpaired) electrons. The SMILES string of the molecule is COC(C)CCC(=O)NC1CC1. The van der Waals surface area contributed by atoms with Gasteiger partial charge in [-0.15, -0.1) is 0 Å². The number of ether oxygens (including phenoxy) is 1. The molecule has 1 aliphatic rings. The van der Waals surface area contributed by atoms with Gasteiger partial charge in [-0.1, -0.05) is 0 Å². The Hall–Kier alpha value is -0.570. The first-order chi connectivity index (χ1) is 5.72. The summed E-state index contributed by atoms with van der Waals surface area (Å²) in [5.41, 5.74) is 0. The standard InChI is InChI=1S/C9H17NO2/c1-7(12-2)3-6-9(11)10-8-4-5-8/h7-8H,3-6H2,1-2H3,(H,10,11). The van der Waals surface area contributed by atoms with Crippen molar-refractivity contribution in [2.75, 3.05) is 7.11 Å². The summed E-state index contributed by atoms with van der Waals surface area (Å²) >= 11 is 0. The molecule has 0 aromatic rings. The summed E-state index contributed by atoms with van der Waals surface area (Å²) in [6.07, 6.45) is 3.91. The number of hydrogen-bond acceptors (Lipinski definition) is 2. The highest BCUT2D eigenvalue weighted by Gasteiger charge is 2.22. The van der Waals surface area contributed by atoms with Crippen LogP contribution in [0, 0.1) is 0 Å². The van der Waals surface area contributed by atoms with E-state index in [1.165, 1.54) is 0 Å². The minimum absolute atomic E-state index is 0.168. The number of carbonyl (C=O) groups is 1. The normalized spacial score (nSPS) is 18.8. The summed E-state index contributed by atoms with van der Waals surface area (Å²) in [7, 11) is 1.67. The molecular weight excluding hydrogens is 154 g/mol. The maximum Gasteiger partial charge on any atom is 0.220 e. The molecule has 0 aromatic heterocycles. The van der Waals surface area contributed by atoms with Crippen LogP contribution >= 0.6 is 0 Å². The predicted molar refractivity (Wildman–Crippen MR) is 46.9 cm³/mol. The largest absolute Gasteiger partial charge is 0.382 e. The monoisotopic (exact) mass is 171 g/mol. The number of rotatable bonds is 5. The van der Waals surface area contributed by atoms with Crippen molar-refractivity contribution in [2.45, 2.75) is 44.8 Å². The zero-order valence-corrected chi connectivity index (χ0v) is 7.80. The third-order valence-corrected chi connectivity index (χ3v) is 2.12. The van der Waals surface area contributed by atoms with Crippen molar-refractivity contribution in [3.05, 3.63) is 0 Å². The molecule has 1 rings (SSSR count). The van der Waals surface area contributed by atoms with E-state index in [1.54, 1.807) is 7.11 Å². The number of carbonyl (C=O) groups excluding carboxylic acids is 1. The number of amides is 1. The van der Waals surface area contributed by atoms with Gasteiger partial charge in [0.1, 0.15) is 0 Å². The van der Waals surface area contributed by atoms with Gasteiger partial charge < -0.3 is 10.1 Å². The number of hydrogen-bond donors (Lipinski definition) is 1. The number of methoxy groups -OCH3 is 1. The molecule has 0 heterocycles. The molecule has 12 heavy (non-hydrogen) atoms. The maximum absolute atomic E-state index is 11.1. The highest BCUT2D eigenvalue weighted by Crippen LogP contribution is 2.18. The van der Waals surface area contributed by atoms with Crippen LogP contribution in [0.3, 0.4) is 0 Å². The first kappa shape index (κ1) is 9.52. The second-order valence-electron chi connectivity index (χ2n) is 3.43. The summed E-state index contributed by atoms with van der Waals surface area (Å²) in [5, 5.41) is 2.94. The molecule has 0 spiro atoms. The van der Waals surface area contributed by atoms with Crippen molar-refractivity contribution >= 4 is 5.91 Å². The fourth-order valence-corrected chi connectivity index (χ4v) is 0.980. The van der Waals surface area contributed by atoms with Crippen molar-refractivity contribution in [2.24, 2.45) is 0 Å². The van der Waals surface area contributed by atoms with E-state index in [0.29, 0.717) is 12.5 Å². The van der Waals surface area contributed by atoms with Crippen molar-refractivity contribution in [1.82, 2.24) is 5.32 Å². The average Bonchev–Trinajstić information content (AvgIpc) is 2.84. The van der Waals surface area contributed by atoms with Gasteiger partial charge in [0.25, 0.3) is 0 Å². The van der Waals surface area contributed by atoms with E-state index in [4.69, 9.17) is 4.74 Å². The van der Waals surface area contributed by atoms with Gasteiger partial charge in [-0.05, 0) is 26.2 Å². The number of nitrogens with one attached hydrogen (secondary N) is 1. The van der Waals surface area contributed by atoms with Gasteiger partial charge in [-0.2, -0.15) is 0 Å². The molecule has 0 aromatic carbocycles. The van der Waals surface area contributed by atoms with Gasteiger partial charge in [0.05, 0.1) is 6.10 Å². The van der Waals surface area contributed by atoms with Crippen LogP contribution in [0.4, 0.5) is 0 Å². The highest BCUT2D eigenvalue weighted by atomic mass is 16.5. The fourth-order valence-electron chi connectivity index (χ4n) is 0.980. The molecule has 1 fully saturated rings. The summed E-state index contributed by atoms with van der Waals surface area (Å²) in [5.74, 6) is 0.168. The smallest absolute Gasteiger partial charge is 0.220 e. The van der Waals surface area contributed by atoms with Crippen molar-refractivity contribution < 1.29 is 9.53 Å². The van der Waals surface area contributed by atoms with E-state index in [1.807, 2.05) is 6.92 Å². The third kappa shape index (κ3) is 3.72. The van der Waals surface area contributed by atoms with Gasteiger partial charge >= 0.3 is 0 Å². The summed E-state index contributed by atoms with van der Waals surface area (Å²) in [4.78, 5) is 11.1. The van der Waals surface area contributed by atoms with E-state index in [2.05, 4.69) is 5.32 Å². The summed E-state index contributed by atoms with van der Waals surface area (Å²) < 4.78 is 5.04. The van der Waals surface area contributed by atoms with Crippen LogP contribution in [-0.2, 0) is 9.53 Å². The molecule has 0 bridgehead atoms. The Morgan fingerprint density at radius 1 is 1.67 bits per heavy atom. The molecular formula is C9H17NO2. The lowest BCUT2D eigenvalue weighted by molar-refractivity contribution is -0.121. The minimum Gasteiger partial charge on any atom is -0.382 e. The summed E-state index contributed by atoms with van der Waals surface area (Å²) in [6, 6.07) is 0.482. The van der Waals surface area contributed by atoms with Crippen LogP contribution in [0.2, 0.25) is 0 Å². The Morgan fingerprint density at radius 2 is 2.33 bits per heavy atom. The quantitative estimate of drug-likeness (QED) is 0.672. The van der Waals surface area contributed by atoms with Gasteiger partial charge in [0.2, 0.25) is 5.91 Å². The first-order valence-electron chi connectivity index (χ1n) is 4.54. The molecule has 1 amide bonds. The Bertz CT molecular complexity index is 155. The van der Waals surface area contributed by atoms with Crippen LogP contribution in [0.1, 0.15) is 32.6 Å². The molecule has 70 valence electrons. The van der Waals surface area contributed by atoms with Crippen LogP contribution < -0.4 is 5.32 Å². The van der Waals surface area contributed by atoms with Gasteiger partial charge in [0.15, 0.2) is 0 Å². The summed E-state index contributed by atoms with van der Waals surface area (Å²) in [6.45, 7) is 1.98. The topological polar surface area (TPSA) is 38.3 Å². The van der Waals surface area contributed by atoms with E-state index in [9.17, 15) is 4.79 Å². The van der Waals surface area contributed by atoms with Crippen LogP contribution in [-0.4, -0.2) is 25.2 Å². The molecule has 1 unspecified atom stereocenters. The fraction of sp³-hybridized carbons (Fsp3) is 0.889. The van der Waals surface area contributed by atoms with Gasteiger partial charge in [-0.25, -0.2) is 0 Å². The van der Waals surface area contributed by atoms with Crippen LogP contribution in [0.15, 0.2) is 0 Å². The Morgan fingerprint density at radius 3 is 2.83 bits per heavy atom. The van der Waals surface area contributed by atoms with E-state index < -0.39 is 0 Å². The molecule has 1 N–H and O–H groups in total. The average molecular weight is 171 g/mol. The minimum atomic E-state index is 0.168. The molecule has 0 saturated heterocycles. The van der Waals surface area contributed by atoms with E-state index in [-0.39, 0.29) is 12.0 Å². The zero-order valence-electron chi connectivity index (χ0n) is 7.80. The van der Waals surface area contributed by atoms with Crippen LogP contribution in [0.5, 0.6) is 0 Å². The van der Waals surface area contributed by atoms with Crippen LogP contribution in [0.25, 0.3) is 0 Å². The lowest BCUT2D eigenvalue weighted by Gasteiger charge is -2.08. The Labute approximate surface area is 73.5 Å².